The van der Waals surface area contributed by atoms with Crippen LogP contribution < -0.4 is 14.8 Å². The predicted octanol–water partition coefficient (Wildman–Crippen LogP) is 4.90. The van der Waals surface area contributed by atoms with Gasteiger partial charge in [0.1, 0.15) is 16.8 Å². The molecule has 0 aliphatic heterocycles. The van der Waals surface area contributed by atoms with Crippen molar-refractivity contribution in [2.75, 3.05) is 12.4 Å². The highest BCUT2D eigenvalue weighted by atomic mass is 32.2. The van der Waals surface area contributed by atoms with Gasteiger partial charge in [0.2, 0.25) is 21.1 Å². The van der Waals surface area contributed by atoms with Crippen LogP contribution in [0.3, 0.4) is 0 Å². The minimum absolute atomic E-state index is 0.109. The molecule has 5 aromatic rings. The number of sulfonamides is 1. The third-order valence-corrected chi connectivity index (χ3v) is 8.33. The van der Waals surface area contributed by atoms with E-state index in [4.69, 9.17) is 4.74 Å². The second-order valence-electron chi connectivity index (χ2n) is 8.47. The topological polar surface area (TPSA) is 110 Å². The quantitative estimate of drug-likeness (QED) is 0.273. The summed E-state index contributed by atoms with van der Waals surface area (Å²) >= 11 is 1.19. The predicted molar refractivity (Wildman–Crippen MR) is 149 cm³/mol. The Labute approximate surface area is 224 Å². The fourth-order valence-corrected chi connectivity index (χ4v) is 6.23. The summed E-state index contributed by atoms with van der Waals surface area (Å²) in [6.45, 7) is 0. The molecule has 1 amide bonds. The van der Waals surface area contributed by atoms with Gasteiger partial charge in [-0.25, -0.2) is 8.42 Å². The van der Waals surface area contributed by atoms with Gasteiger partial charge in [0, 0.05) is 10.9 Å². The molecule has 0 saturated heterocycles. The van der Waals surface area contributed by atoms with Crippen molar-refractivity contribution in [2.24, 2.45) is 0 Å². The van der Waals surface area contributed by atoms with Gasteiger partial charge >= 0.3 is 0 Å². The number of anilines is 1. The van der Waals surface area contributed by atoms with E-state index in [0.29, 0.717) is 16.1 Å². The molecule has 4 aromatic carbocycles. The molecule has 0 radical (unpaired) electrons. The van der Waals surface area contributed by atoms with Crippen LogP contribution in [0.2, 0.25) is 0 Å². The van der Waals surface area contributed by atoms with Crippen LogP contribution >= 0.6 is 11.3 Å². The largest absolute Gasteiger partial charge is 0.497 e. The Morgan fingerprint density at radius 1 is 0.921 bits per heavy atom. The summed E-state index contributed by atoms with van der Waals surface area (Å²) in [5, 5.41) is 13.2. The highest BCUT2D eigenvalue weighted by molar-refractivity contribution is 7.89. The van der Waals surface area contributed by atoms with E-state index in [-0.39, 0.29) is 16.4 Å². The minimum atomic E-state index is -4.05. The average Bonchev–Trinajstić information content (AvgIpc) is 3.41. The Morgan fingerprint density at radius 3 is 2.47 bits per heavy atom. The van der Waals surface area contributed by atoms with Crippen LogP contribution in [0.25, 0.3) is 21.3 Å². The van der Waals surface area contributed by atoms with Gasteiger partial charge in [-0.3, -0.25) is 10.1 Å². The first kappa shape index (κ1) is 25.5. The smallest absolute Gasteiger partial charge is 0.244 e. The van der Waals surface area contributed by atoms with Crippen molar-refractivity contribution in [1.29, 1.82) is 0 Å². The summed E-state index contributed by atoms with van der Waals surface area (Å²) < 4.78 is 34.9. The van der Waals surface area contributed by atoms with Gasteiger partial charge in [-0.1, -0.05) is 90.2 Å². The molecule has 0 aliphatic carbocycles. The monoisotopic (exact) mass is 544 g/mol. The lowest BCUT2D eigenvalue weighted by atomic mass is 10.1. The zero-order chi connectivity index (χ0) is 26.5. The molecule has 1 atom stereocenters. The summed E-state index contributed by atoms with van der Waals surface area (Å²) in [6.07, 6.45) is 0.151. The maximum absolute atomic E-state index is 13.5. The number of methoxy groups -OCH3 is 1. The standard InChI is InChI=1S/C28H24N4O4S2/c1-36-22-14-7-13-21(18-22)27-30-31-28(37-27)29-26(33)24(17-19-9-3-2-4-10-19)32-38(34,35)25-16-8-12-20-11-5-6-15-23(20)25/h2-16,18,24,32H,17H2,1H3,(H,29,31,33)/t24-/m1/s1. The molecular weight excluding hydrogens is 520 g/mol. The molecule has 0 spiro atoms. The first-order valence-electron chi connectivity index (χ1n) is 11.8. The van der Waals surface area contributed by atoms with Crippen molar-refractivity contribution < 1.29 is 17.9 Å². The van der Waals surface area contributed by atoms with Crippen molar-refractivity contribution >= 4 is 43.2 Å². The van der Waals surface area contributed by atoms with E-state index in [0.717, 1.165) is 16.5 Å². The van der Waals surface area contributed by atoms with Gasteiger partial charge < -0.3 is 4.74 Å². The number of amides is 1. The molecule has 1 aromatic heterocycles. The van der Waals surface area contributed by atoms with Crippen LogP contribution in [0.5, 0.6) is 5.75 Å². The normalized spacial score (nSPS) is 12.2. The maximum Gasteiger partial charge on any atom is 0.244 e. The SMILES string of the molecule is COc1cccc(-c2nnc(NC(=O)[C@@H](Cc3ccccc3)NS(=O)(=O)c3cccc4ccccc34)s2)c1. The van der Waals surface area contributed by atoms with Gasteiger partial charge in [-0.2, -0.15) is 4.72 Å². The number of fused-ring (bicyclic) bond motifs is 1. The number of nitrogens with one attached hydrogen (secondary N) is 2. The Kier molecular flexibility index (Phi) is 7.45. The Bertz CT molecular complexity index is 1680. The zero-order valence-corrected chi connectivity index (χ0v) is 22.0. The molecule has 0 fully saturated rings. The lowest BCUT2D eigenvalue weighted by Crippen LogP contribution is -2.45. The van der Waals surface area contributed by atoms with Crippen molar-refractivity contribution in [3.8, 4) is 16.3 Å². The number of hydrogen-bond acceptors (Lipinski definition) is 7. The molecule has 10 heteroatoms. The van der Waals surface area contributed by atoms with Crippen LogP contribution in [-0.2, 0) is 21.2 Å². The number of ether oxygens (including phenoxy) is 1. The average molecular weight is 545 g/mol. The molecule has 1 heterocycles. The molecule has 2 N–H and O–H groups in total. The van der Waals surface area contributed by atoms with Crippen molar-refractivity contribution in [1.82, 2.24) is 14.9 Å². The Morgan fingerprint density at radius 2 is 1.66 bits per heavy atom. The molecule has 0 saturated carbocycles. The highest BCUT2D eigenvalue weighted by Gasteiger charge is 2.28. The summed E-state index contributed by atoms with van der Waals surface area (Å²) in [5.41, 5.74) is 1.60. The van der Waals surface area contributed by atoms with E-state index in [2.05, 4.69) is 20.2 Å². The van der Waals surface area contributed by atoms with E-state index < -0.39 is 22.0 Å². The number of nitrogens with zero attached hydrogens (tertiary/aromatic N) is 2. The number of aromatic nitrogens is 2. The summed E-state index contributed by atoms with van der Waals surface area (Å²) in [6, 6.07) is 27.8. The molecule has 0 unspecified atom stereocenters. The number of carbonyl (C=O) groups excluding carboxylic acids is 1. The van der Waals surface area contributed by atoms with E-state index in [1.807, 2.05) is 72.8 Å². The molecule has 192 valence electrons. The molecule has 5 rings (SSSR count). The molecule has 8 nitrogen and oxygen atoms in total. The number of hydrogen-bond donors (Lipinski definition) is 2. The van der Waals surface area contributed by atoms with Gasteiger partial charge in [-0.05, 0) is 35.6 Å². The fourth-order valence-electron chi connectivity index (χ4n) is 4.06. The second kappa shape index (κ2) is 11.1. The third-order valence-electron chi connectivity index (χ3n) is 5.91. The lowest BCUT2D eigenvalue weighted by molar-refractivity contribution is -0.117. The first-order valence-corrected chi connectivity index (χ1v) is 14.1. The van der Waals surface area contributed by atoms with Crippen LogP contribution in [0.15, 0.2) is 102 Å². The van der Waals surface area contributed by atoms with Gasteiger partial charge in [-0.15, -0.1) is 10.2 Å². The third kappa shape index (κ3) is 5.72. The summed E-state index contributed by atoms with van der Waals surface area (Å²) in [4.78, 5) is 13.5. The minimum Gasteiger partial charge on any atom is -0.497 e. The van der Waals surface area contributed by atoms with E-state index in [9.17, 15) is 13.2 Å². The van der Waals surface area contributed by atoms with Crippen LogP contribution in [0, 0.1) is 0 Å². The molecule has 0 aliphatic rings. The van der Waals surface area contributed by atoms with Gasteiger partial charge in [0.25, 0.3) is 0 Å². The van der Waals surface area contributed by atoms with Crippen molar-refractivity contribution in [2.45, 2.75) is 17.4 Å². The van der Waals surface area contributed by atoms with Crippen LogP contribution in [-0.4, -0.2) is 37.7 Å². The van der Waals surface area contributed by atoms with E-state index >= 15 is 0 Å². The summed E-state index contributed by atoms with van der Waals surface area (Å²) in [5.74, 6) is 0.139. The van der Waals surface area contributed by atoms with Crippen molar-refractivity contribution in [3.63, 3.8) is 0 Å². The van der Waals surface area contributed by atoms with Gasteiger partial charge in [0.15, 0.2) is 0 Å². The van der Waals surface area contributed by atoms with Crippen LogP contribution in [0.1, 0.15) is 5.56 Å². The molecular formula is C28H24N4O4S2. The number of carbonyl (C=O) groups is 1. The van der Waals surface area contributed by atoms with Gasteiger partial charge in [0.05, 0.1) is 12.0 Å². The molecule has 38 heavy (non-hydrogen) atoms. The van der Waals surface area contributed by atoms with Crippen molar-refractivity contribution in [3.05, 3.63) is 103 Å². The maximum atomic E-state index is 13.5. The number of benzene rings is 4. The number of rotatable bonds is 9. The second-order valence-corrected chi connectivity index (χ2v) is 11.1. The lowest BCUT2D eigenvalue weighted by Gasteiger charge is -2.18. The van der Waals surface area contributed by atoms with Crippen LogP contribution in [0.4, 0.5) is 5.13 Å². The Balaban J connectivity index is 1.42. The zero-order valence-electron chi connectivity index (χ0n) is 20.4. The van der Waals surface area contributed by atoms with E-state index in [1.54, 1.807) is 25.3 Å². The fraction of sp³-hybridized carbons (Fsp3) is 0.107. The van der Waals surface area contributed by atoms with E-state index in [1.165, 1.54) is 17.4 Å². The summed E-state index contributed by atoms with van der Waals surface area (Å²) in [7, 11) is -2.47. The molecule has 0 bridgehead atoms. The Hall–Kier alpha value is -4.12. The highest BCUT2D eigenvalue weighted by Crippen LogP contribution is 2.29. The first-order chi connectivity index (χ1) is 18.4.